The fourth-order valence-electron chi connectivity index (χ4n) is 1.64. The molecule has 1 N–H and O–H groups in total. The highest BCUT2D eigenvalue weighted by Gasteiger charge is 2.20. The standard InChI is InChI=1S/C17H26O3/c1-12(19)13-7-14(16(2,3)4)9-15(8-13)20-11-17(5,6)10-18/h7-9,18H,10-11H2,1-6H3. The lowest BCUT2D eigenvalue weighted by molar-refractivity contribution is 0.0967. The highest BCUT2D eigenvalue weighted by molar-refractivity contribution is 5.94. The molecule has 3 heteroatoms. The van der Waals surface area contributed by atoms with Crippen molar-refractivity contribution in [2.45, 2.75) is 47.0 Å². The zero-order valence-corrected chi connectivity index (χ0v) is 13.4. The Morgan fingerprint density at radius 3 is 2.20 bits per heavy atom. The molecular weight excluding hydrogens is 252 g/mol. The first-order valence-corrected chi connectivity index (χ1v) is 6.95. The predicted octanol–water partition coefficient (Wildman–Crippen LogP) is 3.58. The van der Waals surface area contributed by atoms with E-state index in [2.05, 4.69) is 20.8 Å². The monoisotopic (exact) mass is 278 g/mol. The van der Waals surface area contributed by atoms with Gasteiger partial charge in [-0.05, 0) is 36.1 Å². The first-order chi connectivity index (χ1) is 9.05. The molecule has 0 bridgehead atoms. The first-order valence-electron chi connectivity index (χ1n) is 6.95. The van der Waals surface area contributed by atoms with Gasteiger partial charge < -0.3 is 9.84 Å². The summed E-state index contributed by atoms with van der Waals surface area (Å²) in [6.45, 7) is 12.2. The second-order valence-electron chi connectivity index (χ2n) is 7.16. The number of benzene rings is 1. The van der Waals surface area contributed by atoms with E-state index >= 15 is 0 Å². The Morgan fingerprint density at radius 2 is 1.75 bits per heavy atom. The van der Waals surface area contributed by atoms with Crippen molar-refractivity contribution < 1.29 is 14.6 Å². The molecule has 0 spiro atoms. The van der Waals surface area contributed by atoms with E-state index in [4.69, 9.17) is 4.74 Å². The topological polar surface area (TPSA) is 46.5 Å². The lowest BCUT2D eigenvalue weighted by Crippen LogP contribution is -2.25. The zero-order chi connectivity index (χ0) is 15.6. The maximum atomic E-state index is 11.6. The second kappa shape index (κ2) is 5.96. The molecule has 1 aromatic carbocycles. The van der Waals surface area contributed by atoms with Gasteiger partial charge in [-0.2, -0.15) is 0 Å². The zero-order valence-electron chi connectivity index (χ0n) is 13.4. The van der Waals surface area contributed by atoms with Crippen LogP contribution in [0.2, 0.25) is 0 Å². The molecule has 3 nitrogen and oxygen atoms in total. The van der Waals surface area contributed by atoms with E-state index in [1.165, 1.54) is 0 Å². The number of Topliss-reactive ketones (excluding diaryl/α,β-unsaturated/α-hetero) is 1. The maximum Gasteiger partial charge on any atom is 0.159 e. The Kier molecular flexibility index (Phi) is 4.98. The van der Waals surface area contributed by atoms with Crippen molar-refractivity contribution >= 4 is 5.78 Å². The van der Waals surface area contributed by atoms with Gasteiger partial charge in [0.05, 0.1) is 13.2 Å². The summed E-state index contributed by atoms with van der Waals surface area (Å²) in [6, 6.07) is 5.66. The van der Waals surface area contributed by atoms with E-state index in [-0.39, 0.29) is 23.2 Å². The Hall–Kier alpha value is -1.35. The molecule has 1 aromatic rings. The van der Waals surface area contributed by atoms with Gasteiger partial charge in [-0.25, -0.2) is 0 Å². The molecule has 20 heavy (non-hydrogen) atoms. The SMILES string of the molecule is CC(=O)c1cc(OCC(C)(C)CO)cc(C(C)(C)C)c1. The van der Waals surface area contributed by atoms with E-state index in [1.807, 2.05) is 26.0 Å². The summed E-state index contributed by atoms with van der Waals surface area (Å²) < 4.78 is 5.78. The third kappa shape index (κ3) is 4.64. The van der Waals surface area contributed by atoms with Crippen LogP contribution in [0.25, 0.3) is 0 Å². The summed E-state index contributed by atoms with van der Waals surface area (Å²) in [5.41, 5.74) is 1.39. The van der Waals surface area contributed by atoms with Crippen LogP contribution in [0.4, 0.5) is 0 Å². The lowest BCUT2D eigenvalue weighted by atomic mass is 9.85. The van der Waals surface area contributed by atoms with Crippen molar-refractivity contribution in [1.82, 2.24) is 0 Å². The van der Waals surface area contributed by atoms with Gasteiger partial charge in [0.15, 0.2) is 5.78 Å². The van der Waals surface area contributed by atoms with Crippen molar-refractivity contribution in [3.8, 4) is 5.75 Å². The van der Waals surface area contributed by atoms with Gasteiger partial charge in [0, 0.05) is 11.0 Å². The molecule has 0 amide bonds. The van der Waals surface area contributed by atoms with Crippen LogP contribution < -0.4 is 4.74 Å². The number of carbonyl (C=O) groups excluding carboxylic acids is 1. The fraction of sp³-hybridized carbons (Fsp3) is 0.588. The highest BCUT2D eigenvalue weighted by atomic mass is 16.5. The van der Waals surface area contributed by atoms with E-state index in [1.54, 1.807) is 13.0 Å². The molecule has 0 fully saturated rings. The minimum absolute atomic E-state index is 0.0300. The van der Waals surface area contributed by atoms with Crippen LogP contribution >= 0.6 is 0 Å². The first kappa shape index (κ1) is 16.7. The molecule has 0 aliphatic carbocycles. The highest BCUT2D eigenvalue weighted by Crippen LogP contribution is 2.29. The fourth-order valence-corrected chi connectivity index (χ4v) is 1.64. The number of carbonyl (C=O) groups is 1. The number of hydrogen-bond donors (Lipinski definition) is 1. The molecular formula is C17H26O3. The van der Waals surface area contributed by atoms with Crippen molar-refractivity contribution in [1.29, 1.82) is 0 Å². The van der Waals surface area contributed by atoms with Gasteiger partial charge in [-0.1, -0.05) is 34.6 Å². The molecule has 0 aromatic heterocycles. The van der Waals surface area contributed by atoms with Crippen molar-refractivity contribution in [3.63, 3.8) is 0 Å². The summed E-state index contributed by atoms with van der Waals surface area (Å²) in [5.74, 6) is 0.714. The van der Waals surface area contributed by atoms with Gasteiger partial charge >= 0.3 is 0 Å². The predicted molar refractivity (Wildman–Crippen MR) is 81.5 cm³/mol. The molecule has 0 heterocycles. The van der Waals surface area contributed by atoms with Crippen molar-refractivity contribution in [3.05, 3.63) is 29.3 Å². The van der Waals surface area contributed by atoms with Crippen LogP contribution in [0.5, 0.6) is 5.75 Å². The van der Waals surface area contributed by atoms with Crippen LogP contribution in [0.15, 0.2) is 18.2 Å². The Balaban J connectivity index is 3.07. The second-order valence-corrected chi connectivity index (χ2v) is 7.16. The molecule has 0 atom stereocenters. The van der Waals surface area contributed by atoms with Crippen LogP contribution in [0, 0.1) is 5.41 Å². The molecule has 1 rings (SSSR count). The van der Waals surface area contributed by atoms with Crippen LogP contribution in [-0.2, 0) is 5.41 Å². The van der Waals surface area contributed by atoms with Crippen LogP contribution in [0.3, 0.4) is 0 Å². The summed E-state index contributed by atoms with van der Waals surface area (Å²) in [6.07, 6.45) is 0. The lowest BCUT2D eigenvalue weighted by Gasteiger charge is -2.24. The minimum atomic E-state index is -0.297. The molecule has 0 unspecified atom stereocenters. The average Bonchev–Trinajstić information content (AvgIpc) is 2.35. The Bertz CT molecular complexity index is 481. The summed E-state index contributed by atoms with van der Waals surface area (Å²) in [7, 11) is 0. The number of rotatable bonds is 5. The number of aliphatic hydroxyl groups excluding tert-OH is 1. The van der Waals surface area contributed by atoms with Gasteiger partial charge in [-0.3, -0.25) is 4.79 Å². The third-order valence-electron chi connectivity index (χ3n) is 3.24. The van der Waals surface area contributed by atoms with Crippen molar-refractivity contribution in [2.75, 3.05) is 13.2 Å². The molecule has 0 aliphatic heterocycles. The molecule has 112 valence electrons. The summed E-state index contributed by atoms with van der Waals surface area (Å²) >= 11 is 0. The Morgan fingerprint density at radius 1 is 1.15 bits per heavy atom. The van der Waals surface area contributed by atoms with Crippen LogP contribution in [0.1, 0.15) is 57.5 Å². The Labute approximate surface area is 122 Å². The van der Waals surface area contributed by atoms with Gasteiger partial charge in [0.25, 0.3) is 0 Å². The smallest absolute Gasteiger partial charge is 0.159 e. The van der Waals surface area contributed by atoms with E-state index in [0.717, 1.165) is 5.56 Å². The minimum Gasteiger partial charge on any atom is -0.493 e. The normalized spacial score (nSPS) is 12.3. The largest absolute Gasteiger partial charge is 0.493 e. The molecule has 0 aliphatic rings. The van der Waals surface area contributed by atoms with E-state index in [9.17, 15) is 9.90 Å². The molecule has 0 saturated heterocycles. The molecule has 0 radical (unpaired) electrons. The summed E-state index contributed by atoms with van der Waals surface area (Å²) in [5, 5.41) is 9.26. The number of aliphatic hydroxyl groups is 1. The quantitative estimate of drug-likeness (QED) is 0.837. The van der Waals surface area contributed by atoms with Gasteiger partial charge in [0.2, 0.25) is 0 Å². The van der Waals surface area contributed by atoms with Crippen LogP contribution in [-0.4, -0.2) is 24.1 Å². The van der Waals surface area contributed by atoms with Crippen molar-refractivity contribution in [2.24, 2.45) is 5.41 Å². The van der Waals surface area contributed by atoms with Gasteiger partial charge in [0.1, 0.15) is 5.75 Å². The molecule has 0 saturated carbocycles. The summed E-state index contributed by atoms with van der Waals surface area (Å²) in [4.78, 5) is 11.6. The number of hydrogen-bond acceptors (Lipinski definition) is 3. The van der Waals surface area contributed by atoms with E-state index in [0.29, 0.717) is 17.9 Å². The maximum absolute atomic E-state index is 11.6. The number of ether oxygens (including phenoxy) is 1. The number of ketones is 1. The van der Waals surface area contributed by atoms with Gasteiger partial charge in [-0.15, -0.1) is 0 Å². The third-order valence-corrected chi connectivity index (χ3v) is 3.24. The van der Waals surface area contributed by atoms with E-state index < -0.39 is 0 Å². The average molecular weight is 278 g/mol.